The molecule has 1 amide bonds. The van der Waals surface area contributed by atoms with Gasteiger partial charge in [0.2, 0.25) is 5.91 Å². The summed E-state index contributed by atoms with van der Waals surface area (Å²) in [5, 5.41) is 3.99. The molecule has 0 spiro atoms. The van der Waals surface area contributed by atoms with Crippen LogP contribution in [0.1, 0.15) is 70.3 Å². The van der Waals surface area contributed by atoms with Crippen molar-refractivity contribution >= 4 is 38.7 Å². The SMILES string of the molecule is C=C(CC(CC1CCCCC1)NC(=O)CCC(C)=Nc1ccc(Cl)cc1C)CN1CCS(=O)(=O)CC1. The minimum Gasteiger partial charge on any atom is -0.353 e. The normalized spacial score (nSPS) is 20.1. The van der Waals surface area contributed by atoms with Crippen molar-refractivity contribution in [1.29, 1.82) is 0 Å². The lowest BCUT2D eigenvalue weighted by Crippen LogP contribution is -2.42. The highest BCUT2D eigenvalue weighted by atomic mass is 35.5. The molecule has 0 bridgehead atoms. The number of benzene rings is 1. The van der Waals surface area contributed by atoms with Crippen LogP contribution in [0, 0.1) is 12.8 Å². The van der Waals surface area contributed by atoms with Crippen molar-refractivity contribution in [3.8, 4) is 0 Å². The Morgan fingerprint density at radius 2 is 1.89 bits per heavy atom. The topological polar surface area (TPSA) is 78.8 Å². The van der Waals surface area contributed by atoms with Crippen molar-refractivity contribution in [3.63, 3.8) is 0 Å². The van der Waals surface area contributed by atoms with Crippen molar-refractivity contribution < 1.29 is 13.2 Å². The zero-order valence-electron chi connectivity index (χ0n) is 21.9. The van der Waals surface area contributed by atoms with Gasteiger partial charge in [0.1, 0.15) is 0 Å². The van der Waals surface area contributed by atoms with Crippen LogP contribution in [0.15, 0.2) is 35.3 Å². The Bertz CT molecular complexity index is 1030. The number of nitrogens with one attached hydrogen (secondary N) is 1. The van der Waals surface area contributed by atoms with Crippen molar-refractivity contribution in [2.24, 2.45) is 10.9 Å². The maximum atomic E-state index is 12.9. The summed E-state index contributed by atoms with van der Waals surface area (Å²) in [5.41, 5.74) is 3.88. The average molecular weight is 536 g/mol. The number of aryl methyl sites for hydroxylation is 1. The molecule has 6 nitrogen and oxygen atoms in total. The Hall–Kier alpha value is -1.70. The number of nitrogens with zero attached hydrogens (tertiary/aromatic N) is 2. The molecule has 1 unspecified atom stereocenters. The van der Waals surface area contributed by atoms with E-state index in [1.54, 1.807) is 0 Å². The van der Waals surface area contributed by atoms with Crippen LogP contribution in [-0.4, -0.2) is 62.1 Å². The second-order valence-corrected chi connectivity index (χ2v) is 13.4. The van der Waals surface area contributed by atoms with Crippen LogP contribution in [0.4, 0.5) is 5.69 Å². The molecule has 1 N–H and O–H groups in total. The van der Waals surface area contributed by atoms with Crippen LogP contribution in [0.25, 0.3) is 0 Å². The van der Waals surface area contributed by atoms with Gasteiger partial charge in [-0.2, -0.15) is 0 Å². The smallest absolute Gasteiger partial charge is 0.220 e. The van der Waals surface area contributed by atoms with Crippen molar-refractivity contribution in [2.45, 2.75) is 77.7 Å². The van der Waals surface area contributed by atoms with E-state index in [1.165, 1.54) is 32.1 Å². The summed E-state index contributed by atoms with van der Waals surface area (Å²) in [6.07, 6.45) is 9.04. The molecule has 36 heavy (non-hydrogen) atoms. The fourth-order valence-electron chi connectivity index (χ4n) is 5.26. The molecule has 1 aliphatic heterocycles. The lowest BCUT2D eigenvalue weighted by atomic mass is 9.83. The third kappa shape index (κ3) is 9.98. The quantitative estimate of drug-likeness (QED) is 0.293. The number of hydrogen-bond acceptors (Lipinski definition) is 5. The number of rotatable bonds is 11. The molecule has 1 aromatic rings. The summed E-state index contributed by atoms with van der Waals surface area (Å²) in [6.45, 7) is 10.0. The van der Waals surface area contributed by atoms with Gasteiger partial charge in [0, 0.05) is 42.8 Å². The molecule has 1 heterocycles. The highest BCUT2D eigenvalue weighted by Gasteiger charge is 2.24. The van der Waals surface area contributed by atoms with E-state index >= 15 is 0 Å². The number of aliphatic imine (C=N–C) groups is 1. The van der Waals surface area contributed by atoms with E-state index in [0.717, 1.165) is 35.4 Å². The van der Waals surface area contributed by atoms with Gasteiger partial charge in [-0.15, -0.1) is 0 Å². The fraction of sp³-hybridized carbons (Fsp3) is 0.643. The largest absolute Gasteiger partial charge is 0.353 e. The minimum atomic E-state index is -2.89. The van der Waals surface area contributed by atoms with Crippen molar-refractivity contribution in [2.75, 3.05) is 31.1 Å². The van der Waals surface area contributed by atoms with E-state index in [9.17, 15) is 13.2 Å². The highest BCUT2D eigenvalue weighted by Crippen LogP contribution is 2.29. The second kappa shape index (κ2) is 13.7. The summed E-state index contributed by atoms with van der Waals surface area (Å²) in [4.78, 5) is 19.8. The van der Waals surface area contributed by atoms with Crippen LogP contribution in [0.5, 0.6) is 0 Å². The molecule has 1 saturated carbocycles. The molecule has 0 aromatic heterocycles. The standard InChI is InChI=1S/C28H42ClN3O3S/c1-21(20-32-13-15-36(34,35)16-14-32)17-26(19-24-7-5-4-6-8-24)31-28(33)12-9-23(3)30-27-11-10-25(29)18-22(27)2/h10-11,18,24,26H,1,4-9,12-17,19-20H2,2-3H3,(H,31,33). The van der Waals surface area contributed by atoms with Gasteiger partial charge in [-0.1, -0.05) is 55.9 Å². The van der Waals surface area contributed by atoms with Gasteiger partial charge in [-0.3, -0.25) is 14.7 Å². The predicted molar refractivity (Wildman–Crippen MR) is 150 cm³/mol. The molecule has 1 aliphatic carbocycles. The molecule has 1 saturated heterocycles. The van der Waals surface area contributed by atoms with Crippen molar-refractivity contribution in [1.82, 2.24) is 10.2 Å². The zero-order valence-corrected chi connectivity index (χ0v) is 23.5. The summed E-state index contributed by atoms with van der Waals surface area (Å²) in [6, 6.07) is 5.70. The minimum absolute atomic E-state index is 0.0510. The third-order valence-electron chi connectivity index (χ3n) is 7.31. The molecule has 2 aliphatic rings. The van der Waals surface area contributed by atoms with E-state index in [0.29, 0.717) is 43.4 Å². The number of carbonyl (C=O) groups excluding carboxylic acids is 1. The molecular formula is C28H42ClN3O3S. The summed E-state index contributed by atoms with van der Waals surface area (Å²) in [5.74, 6) is 1.14. The van der Waals surface area contributed by atoms with Crippen LogP contribution in [-0.2, 0) is 14.6 Å². The van der Waals surface area contributed by atoms with E-state index in [2.05, 4.69) is 21.8 Å². The van der Waals surface area contributed by atoms with Gasteiger partial charge in [0.05, 0.1) is 17.2 Å². The van der Waals surface area contributed by atoms with Crippen LogP contribution in [0.3, 0.4) is 0 Å². The van der Waals surface area contributed by atoms with Crippen molar-refractivity contribution in [3.05, 3.63) is 40.9 Å². The lowest BCUT2D eigenvalue weighted by molar-refractivity contribution is -0.121. The van der Waals surface area contributed by atoms with Crippen LogP contribution < -0.4 is 5.32 Å². The van der Waals surface area contributed by atoms with E-state index < -0.39 is 9.84 Å². The lowest BCUT2D eigenvalue weighted by Gasteiger charge is -2.30. The Labute approximate surface area is 222 Å². The predicted octanol–water partition coefficient (Wildman–Crippen LogP) is 5.65. The Morgan fingerprint density at radius 1 is 1.19 bits per heavy atom. The van der Waals surface area contributed by atoms with Gasteiger partial charge in [-0.25, -0.2) is 8.42 Å². The monoisotopic (exact) mass is 535 g/mol. The molecular weight excluding hydrogens is 494 g/mol. The van der Waals surface area contributed by atoms with E-state index in [1.807, 2.05) is 32.0 Å². The number of sulfone groups is 1. The van der Waals surface area contributed by atoms with Gasteiger partial charge in [-0.05, 0) is 62.8 Å². The molecule has 2 fully saturated rings. The maximum Gasteiger partial charge on any atom is 0.220 e. The molecule has 0 radical (unpaired) electrons. The zero-order chi connectivity index (χ0) is 26.1. The Morgan fingerprint density at radius 3 is 2.56 bits per heavy atom. The first kappa shape index (κ1) is 28.9. The summed E-state index contributed by atoms with van der Waals surface area (Å²) < 4.78 is 23.5. The maximum absolute atomic E-state index is 12.9. The second-order valence-electron chi connectivity index (χ2n) is 10.7. The van der Waals surface area contributed by atoms with Gasteiger partial charge < -0.3 is 5.32 Å². The Balaban J connectivity index is 1.53. The first-order chi connectivity index (χ1) is 17.1. The molecule has 1 aromatic carbocycles. The van der Waals surface area contributed by atoms with E-state index in [4.69, 9.17) is 11.6 Å². The van der Waals surface area contributed by atoms with Gasteiger partial charge >= 0.3 is 0 Å². The Kier molecular flexibility index (Phi) is 11.0. The number of halogens is 1. The van der Waals surface area contributed by atoms with Gasteiger partial charge in [0.25, 0.3) is 0 Å². The average Bonchev–Trinajstić information content (AvgIpc) is 2.81. The molecule has 3 rings (SSSR count). The summed E-state index contributed by atoms with van der Waals surface area (Å²) >= 11 is 6.04. The number of hydrogen-bond donors (Lipinski definition) is 1. The number of carbonyl (C=O) groups is 1. The van der Waals surface area contributed by atoms with Crippen LogP contribution in [0.2, 0.25) is 5.02 Å². The third-order valence-corrected chi connectivity index (χ3v) is 9.16. The first-order valence-corrected chi connectivity index (χ1v) is 15.5. The molecule has 1 atom stereocenters. The first-order valence-electron chi connectivity index (χ1n) is 13.3. The van der Waals surface area contributed by atoms with Crippen LogP contribution >= 0.6 is 11.6 Å². The fourth-order valence-corrected chi connectivity index (χ4v) is 6.76. The summed E-state index contributed by atoms with van der Waals surface area (Å²) in [7, 11) is -2.89. The molecule has 8 heteroatoms. The molecule has 200 valence electrons. The van der Waals surface area contributed by atoms with E-state index in [-0.39, 0.29) is 23.5 Å². The van der Waals surface area contributed by atoms with Gasteiger partial charge in [0.15, 0.2) is 9.84 Å². The number of amides is 1. The highest BCUT2D eigenvalue weighted by molar-refractivity contribution is 7.91.